The highest BCUT2D eigenvalue weighted by Crippen LogP contribution is 2.23. The molecule has 0 aliphatic heterocycles. The first kappa shape index (κ1) is 14.3. The van der Waals surface area contributed by atoms with Crippen LogP contribution >= 0.6 is 0 Å². The molecular weight excluding hydrogens is 258 g/mol. The van der Waals surface area contributed by atoms with Crippen LogP contribution in [0.15, 0.2) is 23.1 Å². The van der Waals surface area contributed by atoms with Gasteiger partial charge in [-0.1, -0.05) is 0 Å². The maximum atomic E-state index is 11.9. The summed E-state index contributed by atoms with van der Waals surface area (Å²) < 4.78 is 30.9. The molecule has 18 heavy (non-hydrogen) atoms. The molecule has 0 saturated carbocycles. The fourth-order valence-electron chi connectivity index (χ4n) is 1.25. The summed E-state index contributed by atoms with van der Waals surface area (Å²) in [5.41, 5.74) is 10.6. The third-order valence-electron chi connectivity index (χ3n) is 2.27. The molecule has 100 valence electrons. The molecule has 1 aromatic carbocycles. The summed E-state index contributed by atoms with van der Waals surface area (Å²) in [6, 6.07) is 3.12. The zero-order valence-corrected chi connectivity index (χ0v) is 10.8. The highest BCUT2D eigenvalue weighted by atomic mass is 32.2. The number of nitrogens with one attached hydrogen (secondary N) is 1. The highest BCUT2D eigenvalue weighted by molar-refractivity contribution is 7.89. The molecule has 1 rings (SSSR count). The zero-order valence-electron chi connectivity index (χ0n) is 10.0. The predicted octanol–water partition coefficient (Wildman–Crippen LogP) is -0.570. The Morgan fingerprint density at radius 1 is 1.44 bits per heavy atom. The van der Waals surface area contributed by atoms with E-state index in [1.807, 2.05) is 0 Å². The second-order valence-electron chi connectivity index (χ2n) is 3.65. The monoisotopic (exact) mass is 273 g/mol. The molecule has 0 aliphatic rings. The van der Waals surface area contributed by atoms with Crippen LogP contribution in [0.4, 0.5) is 5.69 Å². The van der Waals surface area contributed by atoms with Crippen molar-refractivity contribution >= 4 is 21.6 Å². The van der Waals surface area contributed by atoms with Crippen molar-refractivity contribution in [2.75, 3.05) is 12.8 Å². The molecule has 0 radical (unpaired) electrons. The topological polar surface area (TPSA) is 125 Å². The lowest BCUT2D eigenvalue weighted by Crippen LogP contribution is -2.42. The summed E-state index contributed by atoms with van der Waals surface area (Å²) in [4.78, 5) is 10.7. The number of sulfonamides is 1. The van der Waals surface area contributed by atoms with Crippen LogP contribution in [0.3, 0.4) is 0 Å². The van der Waals surface area contributed by atoms with Crippen molar-refractivity contribution in [1.29, 1.82) is 0 Å². The first-order valence-corrected chi connectivity index (χ1v) is 6.51. The van der Waals surface area contributed by atoms with Gasteiger partial charge in [0.25, 0.3) is 0 Å². The average molecular weight is 273 g/mol. The Morgan fingerprint density at radius 2 is 2.06 bits per heavy atom. The van der Waals surface area contributed by atoms with E-state index in [0.29, 0.717) is 5.75 Å². The maximum absolute atomic E-state index is 11.9. The molecular formula is C10H15N3O4S. The number of rotatable bonds is 5. The van der Waals surface area contributed by atoms with Crippen LogP contribution < -0.4 is 20.9 Å². The van der Waals surface area contributed by atoms with Crippen LogP contribution in [-0.2, 0) is 14.8 Å². The average Bonchev–Trinajstić information content (AvgIpc) is 2.27. The van der Waals surface area contributed by atoms with Gasteiger partial charge >= 0.3 is 0 Å². The molecule has 1 aromatic rings. The van der Waals surface area contributed by atoms with Crippen LogP contribution in [0, 0.1) is 0 Å². The van der Waals surface area contributed by atoms with Crippen LogP contribution in [0.2, 0.25) is 0 Å². The Balaban J connectivity index is 3.09. The number of ether oxygens (including phenoxy) is 1. The number of nitrogen functional groups attached to an aromatic ring is 1. The molecule has 7 nitrogen and oxygen atoms in total. The van der Waals surface area contributed by atoms with Crippen molar-refractivity contribution in [3.05, 3.63) is 18.2 Å². The van der Waals surface area contributed by atoms with Crippen molar-refractivity contribution in [3.8, 4) is 5.75 Å². The lowest BCUT2D eigenvalue weighted by molar-refractivity contribution is -0.119. The normalized spacial score (nSPS) is 13.0. The van der Waals surface area contributed by atoms with Crippen molar-refractivity contribution < 1.29 is 17.9 Å². The largest absolute Gasteiger partial charge is 0.497 e. The van der Waals surface area contributed by atoms with Crippen molar-refractivity contribution in [1.82, 2.24) is 4.72 Å². The Hall–Kier alpha value is -1.80. The summed E-state index contributed by atoms with van der Waals surface area (Å²) >= 11 is 0. The van der Waals surface area contributed by atoms with Gasteiger partial charge in [0.1, 0.15) is 10.6 Å². The van der Waals surface area contributed by atoms with Crippen LogP contribution in [0.1, 0.15) is 6.92 Å². The molecule has 0 fully saturated rings. The molecule has 0 aromatic heterocycles. The van der Waals surface area contributed by atoms with E-state index in [1.165, 1.54) is 32.2 Å². The number of carbonyl (C=O) groups excluding carboxylic acids is 1. The van der Waals surface area contributed by atoms with E-state index in [4.69, 9.17) is 16.2 Å². The van der Waals surface area contributed by atoms with Crippen molar-refractivity contribution in [2.24, 2.45) is 5.73 Å². The number of benzene rings is 1. The van der Waals surface area contributed by atoms with Gasteiger partial charge in [0.2, 0.25) is 15.9 Å². The van der Waals surface area contributed by atoms with E-state index in [0.717, 1.165) is 0 Å². The Bertz CT molecular complexity index is 556. The molecule has 1 unspecified atom stereocenters. The molecule has 8 heteroatoms. The highest BCUT2D eigenvalue weighted by Gasteiger charge is 2.22. The predicted molar refractivity (Wildman–Crippen MR) is 66.4 cm³/mol. The molecule has 1 amide bonds. The minimum atomic E-state index is -3.89. The van der Waals surface area contributed by atoms with E-state index in [9.17, 15) is 13.2 Å². The molecule has 1 atom stereocenters. The van der Waals surface area contributed by atoms with Gasteiger partial charge in [-0.25, -0.2) is 8.42 Å². The number of methoxy groups -OCH3 is 1. The molecule has 0 aliphatic carbocycles. The molecule has 0 spiro atoms. The van der Waals surface area contributed by atoms with E-state index < -0.39 is 22.0 Å². The first-order valence-electron chi connectivity index (χ1n) is 5.03. The summed E-state index contributed by atoms with van der Waals surface area (Å²) in [6.07, 6.45) is 0. The van der Waals surface area contributed by atoms with E-state index in [-0.39, 0.29) is 10.6 Å². The van der Waals surface area contributed by atoms with E-state index in [2.05, 4.69) is 4.72 Å². The fourth-order valence-corrected chi connectivity index (χ4v) is 2.58. The van der Waals surface area contributed by atoms with Gasteiger partial charge in [-0.2, -0.15) is 4.72 Å². The van der Waals surface area contributed by atoms with Gasteiger partial charge < -0.3 is 16.2 Å². The summed E-state index contributed by atoms with van der Waals surface area (Å²) in [5, 5.41) is 0. The second kappa shape index (κ2) is 5.23. The molecule has 5 N–H and O–H groups in total. The summed E-state index contributed by atoms with van der Waals surface area (Å²) in [7, 11) is -2.45. The lowest BCUT2D eigenvalue weighted by Gasteiger charge is -2.13. The maximum Gasteiger partial charge on any atom is 0.243 e. The Kier molecular flexibility index (Phi) is 4.15. The summed E-state index contributed by atoms with van der Waals surface area (Å²) in [6.45, 7) is 1.35. The number of hydrogen-bond donors (Lipinski definition) is 3. The van der Waals surface area contributed by atoms with Gasteiger partial charge in [-0.15, -0.1) is 0 Å². The zero-order chi connectivity index (χ0) is 13.9. The van der Waals surface area contributed by atoms with E-state index in [1.54, 1.807) is 0 Å². The number of anilines is 1. The van der Waals surface area contributed by atoms with Crippen LogP contribution in [0.25, 0.3) is 0 Å². The van der Waals surface area contributed by atoms with Gasteiger partial charge in [-0.3, -0.25) is 4.79 Å². The van der Waals surface area contributed by atoms with Gasteiger partial charge in [0, 0.05) is 6.07 Å². The second-order valence-corrected chi connectivity index (χ2v) is 5.33. The number of primary amides is 1. The number of carbonyl (C=O) groups is 1. The Morgan fingerprint density at radius 3 is 2.50 bits per heavy atom. The van der Waals surface area contributed by atoms with E-state index >= 15 is 0 Å². The molecule has 0 heterocycles. The number of hydrogen-bond acceptors (Lipinski definition) is 5. The fraction of sp³-hybridized carbons (Fsp3) is 0.300. The first-order chi connectivity index (χ1) is 8.27. The van der Waals surface area contributed by atoms with Crippen molar-refractivity contribution in [2.45, 2.75) is 17.9 Å². The SMILES string of the molecule is COc1ccc(S(=O)(=O)NC(C)C(N)=O)c(N)c1. The summed E-state index contributed by atoms with van der Waals surface area (Å²) in [5.74, 6) is -0.333. The minimum Gasteiger partial charge on any atom is -0.497 e. The quantitative estimate of drug-likeness (QED) is 0.619. The third kappa shape index (κ3) is 3.11. The smallest absolute Gasteiger partial charge is 0.243 e. The Labute approximate surface area is 105 Å². The van der Waals surface area contributed by atoms with Gasteiger partial charge in [-0.05, 0) is 19.1 Å². The number of amides is 1. The third-order valence-corrected chi connectivity index (χ3v) is 3.88. The van der Waals surface area contributed by atoms with Crippen LogP contribution in [0.5, 0.6) is 5.75 Å². The number of nitrogens with two attached hydrogens (primary N) is 2. The van der Waals surface area contributed by atoms with Crippen molar-refractivity contribution in [3.63, 3.8) is 0 Å². The molecule has 0 saturated heterocycles. The lowest BCUT2D eigenvalue weighted by atomic mass is 10.3. The van der Waals surface area contributed by atoms with Gasteiger partial charge in [0.15, 0.2) is 0 Å². The molecule has 0 bridgehead atoms. The standard InChI is InChI=1S/C10H15N3O4S/c1-6(10(12)14)13-18(15,16)9-4-3-7(17-2)5-8(9)11/h3-6,13H,11H2,1-2H3,(H2,12,14). The minimum absolute atomic E-state index is 0.0264. The van der Waals surface area contributed by atoms with Gasteiger partial charge in [0.05, 0.1) is 18.8 Å². The van der Waals surface area contributed by atoms with Crippen LogP contribution in [-0.4, -0.2) is 27.5 Å².